The number of para-hydroxylation sites is 1. The monoisotopic (exact) mass is 254 g/mol. The van der Waals surface area contributed by atoms with Gasteiger partial charge in [-0.2, -0.15) is 0 Å². The molecule has 0 atom stereocenters. The van der Waals surface area contributed by atoms with Gasteiger partial charge in [0.2, 0.25) is 5.91 Å². The van der Waals surface area contributed by atoms with Gasteiger partial charge >= 0.3 is 0 Å². The summed E-state index contributed by atoms with van der Waals surface area (Å²) >= 11 is 0. The summed E-state index contributed by atoms with van der Waals surface area (Å²) in [5, 5.41) is 3.14. The van der Waals surface area contributed by atoms with Crippen LogP contribution in [0.25, 0.3) is 0 Å². The molecule has 3 nitrogen and oxygen atoms in total. The van der Waals surface area contributed by atoms with Crippen LogP contribution < -0.4 is 10.2 Å². The highest BCUT2D eigenvalue weighted by Gasteiger charge is 2.09. The number of hydrogen-bond donors (Lipinski definition) is 1. The zero-order valence-electron chi connectivity index (χ0n) is 11.3. The zero-order valence-corrected chi connectivity index (χ0v) is 11.3. The topological polar surface area (TPSA) is 32.3 Å². The van der Waals surface area contributed by atoms with Crippen LogP contribution in [0.1, 0.15) is 5.56 Å². The maximum absolute atomic E-state index is 12.1. The number of hydrogen-bond acceptors (Lipinski definition) is 2. The summed E-state index contributed by atoms with van der Waals surface area (Å²) in [6.45, 7) is 2.32. The van der Waals surface area contributed by atoms with Crippen LogP contribution in [0.3, 0.4) is 0 Å². The Morgan fingerprint density at radius 1 is 1.11 bits per heavy atom. The third-order valence-corrected chi connectivity index (χ3v) is 2.98. The van der Waals surface area contributed by atoms with E-state index >= 15 is 0 Å². The fraction of sp³-hybridized carbons (Fsp3) is 0.188. The summed E-state index contributed by atoms with van der Waals surface area (Å²) in [7, 11) is 1.79. The van der Waals surface area contributed by atoms with Crippen molar-refractivity contribution >= 4 is 17.3 Å². The van der Waals surface area contributed by atoms with E-state index in [0.717, 1.165) is 11.4 Å². The lowest BCUT2D eigenvalue weighted by Gasteiger charge is -2.18. The van der Waals surface area contributed by atoms with Gasteiger partial charge in [0.15, 0.2) is 0 Å². The molecule has 19 heavy (non-hydrogen) atoms. The number of benzene rings is 2. The lowest BCUT2D eigenvalue weighted by molar-refractivity contribution is -0.116. The third-order valence-electron chi connectivity index (χ3n) is 2.98. The van der Waals surface area contributed by atoms with E-state index in [-0.39, 0.29) is 12.5 Å². The van der Waals surface area contributed by atoms with Crippen molar-refractivity contribution in [3.05, 3.63) is 60.2 Å². The standard InChI is InChI=1S/C16H18N2O/c1-13-7-6-8-14(11-13)17-12-16(19)18(2)15-9-4-3-5-10-15/h3-11,17H,12H2,1-2H3. The van der Waals surface area contributed by atoms with Gasteiger partial charge in [0.25, 0.3) is 0 Å². The number of carbonyl (C=O) groups is 1. The molecule has 0 aromatic heterocycles. The van der Waals surface area contributed by atoms with E-state index in [1.54, 1.807) is 11.9 Å². The van der Waals surface area contributed by atoms with Crippen molar-refractivity contribution in [2.45, 2.75) is 6.92 Å². The van der Waals surface area contributed by atoms with E-state index in [1.807, 2.05) is 61.5 Å². The molecule has 2 rings (SSSR count). The van der Waals surface area contributed by atoms with E-state index in [1.165, 1.54) is 5.56 Å². The average molecular weight is 254 g/mol. The van der Waals surface area contributed by atoms with Crippen LogP contribution in [-0.4, -0.2) is 19.5 Å². The van der Waals surface area contributed by atoms with Crippen LogP contribution in [0.4, 0.5) is 11.4 Å². The van der Waals surface area contributed by atoms with E-state index in [2.05, 4.69) is 5.32 Å². The van der Waals surface area contributed by atoms with Crippen molar-refractivity contribution in [2.75, 3.05) is 23.8 Å². The van der Waals surface area contributed by atoms with Gasteiger partial charge < -0.3 is 10.2 Å². The average Bonchev–Trinajstić information content (AvgIpc) is 2.45. The molecule has 0 saturated carbocycles. The molecule has 0 bridgehead atoms. The minimum absolute atomic E-state index is 0.0349. The summed E-state index contributed by atoms with van der Waals surface area (Å²) in [6, 6.07) is 17.6. The lowest BCUT2D eigenvalue weighted by atomic mass is 10.2. The van der Waals surface area contributed by atoms with Gasteiger partial charge in [0.05, 0.1) is 6.54 Å². The molecule has 1 N–H and O–H groups in total. The van der Waals surface area contributed by atoms with Crippen molar-refractivity contribution in [3.63, 3.8) is 0 Å². The second kappa shape index (κ2) is 6.05. The van der Waals surface area contributed by atoms with Crippen LogP contribution in [0.2, 0.25) is 0 Å². The highest BCUT2D eigenvalue weighted by molar-refractivity contribution is 5.95. The molecular weight excluding hydrogens is 236 g/mol. The molecule has 2 aromatic rings. The van der Waals surface area contributed by atoms with Crippen LogP contribution in [0.5, 0.6) is 0 Å². The van der Waals surface area contributed by atoms with Crippen molar-refractivity contribution in [3.8, 4) is 0 Å². The number of nitrogens with zero attached hydrogens (tertiary/aromatic N) is 1. The van der Waals surface area contributed by atoms with Gasteiger partial charge in [-0.15, -0.1) is 0 Å². The molecule has 3 heteroatoms. The Morgan fingerprint density at radius 3 is 2.53 bits per heavy atom. The molecule has 0 radical (unpaired) electrons. The lowest BCUT2D eigenvalue weighted by Crippen LogP contribution is -2.32. The van der Waals surface area contributed by atoms with Gasteiger partial charge in [-0.05, 0) is 36.8 Å². The maximum atomic E-state index is 12.1. The summed E-state index contributed by atoms with van der Waals surface area (Å²) < 4.78 is 0. The number of rotatable bonds is 4. The molecule has 0 spiro atoms. The smallest absolute Gasteiger partial charge is 0.246 e. The fourth-order valence-electron chi connectivity index (χ4n) is 1.85. The van der Waals surface area contributed by atoms with Gasteiger partial charge in [-0.25, -0.2) is 0 Å². The first-order valence-corrected chi connectivity index (χ1v) is 6.29. The second-order valence-corrected chi connectivity index (χ2v) is 4.51. The van der Waals surface area contributed by atoms with Crippen molar-refractivity contribution in [2.24, 2.45) is 0 Å². The molecule has 98 valence electrons. The van der Waals surface area contributed by atoms with Crippen LogP contribution >= 0.6 is 0 Å². The summed E-state index contributed by atoms with van der Waals surface area (Å²) in [6.07, 6.45) is 0. The normalized spacial score (nSPS) is 10.0. The Kier molecular flexibility index (Phi) is 4.18. The zero-order chi connectivity index (χ0) is 13.7. The highest BCUT2D eigenvalue weighted by Crippen LogP contribution is 2.12. The summed E-state index contributed by atoms with van der Waals surface area (Å²) in [5.41, 5.74) is 3.04. The Labute approximate surface area is 113 Å². The van der Waals surface area contributed by atoms with Gasteiger partial charge in [-0.3, -0.25) is 4.79 Å². The number of likely N-dealkylation sites (N-methyl/N-ethyl adjacent to an activating group) is 1. The maximum Gasteiger partial charge on any atom is 0.246 e. The molecule has 0 unspecified atom stereocenters. The number of anilines is 2. The molecular formula is C16H18N2O. The van der Waals surface area contributed by atoms with Crippen molar-refractivity contribution in [1.82, 2.24) is 0 Å². The quantitative estimate of drug-likeness (QED) is 0.909. The molecule has 1 amide bonds. The number of nitrogens with one attached hydrogen (secondary N) is 1. The van der Waals surface area contributed by atoms with Crippen LogP contribution in [-0.2, 0) is 4.79 Å². The van der Waals surface area contributed by atoms with Gasteiger partial charge in [0.1, 0.15) is 0 Å². The number of amides is 1. The van der Waals surface area contributed by atoms with Crippen molar-refractivity contribution < 1.29 is 4.79 Å². The Bertz CT molecular complexity index is 552. The third kappa shape index (κ3) is 3.58. The van der Waals surface area contributed by atoms with Gasteiger partial charge in [0, 0.05) is 18.4 Å². The van der Waals surface area contributed by atoms with E-state index < -0.39 is 0 Å². The first-order valence-electron chi connectivity index (χ1n) is 6.29. The van der Waals surface area contributed by atoms with E-state index in [0.29, 0.717) is 0 Å². The molecule has 0 aliphatic rings. The van der Waals surface area contributed by atoms with Crippen LogP contribution in [0.15, 0.2) is 54.6 Å². The summed E-state index contributed by atoms with van der Waals surface area (Å²) in [5.74, 6) is 0.0349. The predicted molar refractivity (Wildman–Crippen MR) is 79.5 cm³/mol. The number of carbonyl (C=O) groups excluding carboxylic acids is 1. The Balaban J connectivity index is 1.95. The molecule has 0 heterocycles. The number of aryl methyl sites for hydroxylation is 1. The fourth-order valence-corrected chi connectivity index (χ4v) is 1.85. The van der Waals surface area contributed by atoms with E-state index in [9.17, 15) is 4.79 Å². The molecule has 0 aliphatic carbocycles. The molecule has 2 aromatic carbocycles. The van der Waals surface area contributed by atoms with Crippen LogP contribution in [0, 0.1) is 6.92 Å². The van der Waals surface area contributed by atoms with Gasteiger partial charge in [-0.1, -0.05) is 30.3 Å². The summed E-state index contributed by atoms with van der Waals surface area (Å²) in [4.78, 5) is 13.7. The first-order chi connectivity index (χ1) is 9.16. The molecule has 0 saturated heterocycles. The highest BCUT2D eigenvalue weighted by atomic mass is 16.2. The SMILES string of the molecule is Cc1cccc(NCC(=O)N(C)c2ccccc2)c1. The van der Waals surface area contributed by atoms with Crippen molar-refractivity contribution in [1.29, 1.82) is 0 Å². The predicted octanol–water partition coefficient (Wildman–Crippen LogP) is 3.07. The Hall–Kier alpha value is -2.29. The minimum Gasteiger partial charge on any atom is -0.376 e. The first kappa shape index (κ1) is 13.1. The second-order valence-electron chi connectivity index (χ2n) is 4.51. The van der Waals surface area contributed by atoms with E-state index in [4.69, 9.17) is 0 Å². The minimum atomic E-state index is 0.0349. The Morgan fingerprint density at radius 2 is 1.84 bits per heavy atom. The molecule has 0 fully saturated rings. The largest absolute Gasteiger partial charge is 0.376 e. The molecule has 0 aliphatic heterocycles.